The van der Waals surface area contributed by atoms with E-state index in [4.69, 9.17) is 16.3 Å². The molecule has 1 aromatic rings. The Kier molecular flexibility index (Phi) is 3.91. The molecular formula is C13H17ClO2S. The van der Waals surface area contributed by atoms with Gasteiger partial charge in [-0.2, -0.15) is 0 Å². The van der Waals surface area contributed by atoms with Crippen LogP contribution in [0.4, 0.5) is 0 Å². The highest BCUT2D eigenvalue weighted by atomic mass is 35.5. The minimum absolute atomic E-state index is 0.0619. The van der Waals surface area contributed by atoms with Gasteiger partial charge >= 0.3 is 0 Å². The summed E-state index contributed by atoms with van der Waals surface area (Å²) in [5, 5.41) is 2.40. The zero-order chi connectivity index (χ0) is 12.5. The number of methoxy groups -OCH3 is 1. The van der Waals surface area contributed by atoms with Crippen molar-refractivity contribution in [3.8, 4) is 0 Å². The summed E-state index contributed by atoms with van der Waals surface area (Å²) in [5.41, 5.74) is -0.638. The zero-order valence-electron chi connectivity index (χ0n) is 10.2. The van der Waals surface area contributed by atoms with Crippen LogP contribution in [0, 0.1) is 5.92 Å². The second-order valence-corrected chi connectivity index (χ2v) is 6.13. The summed E-state index contributed by atoms with van der Waals surface area (Å²) in [7, 11) is 1.63. The van der Waals surface area contributed by atoms with E-state index in [-0.39, 0.29) is 5.78 Å². The lowest BCUT2D eigenvalue weighted by molar-refractivity contribution is -0.0260. The molecule has 0 bridgehead atoms. The first kappa shape index (κ1) is 13.1. The summed E-state index contributed by atoms with van der Waals surface area (Å²) in [5.74, 6) is 0.747. The second kappa shape index (κ2) is 5.09. The maximum absolute atomic E-state index is 12.5. The molecule has 0 saturated heterocycles. The molecule has 0 spiro atoms. The Balaban J connectivity index is 2.24. The number of thiophene rings is 1. The van der Waals surface area contributed by atoms with Gasteiger partial charge in [0.05, 0.1) is 9.90 Å². The second-order valence-electron chi connectivity index (χ2n) is 4.81. The number of carbonyl (C=O) groups excluding carboxylic acids is 1. The fourth-order valence-corrected chi connectivity index (χ4v) is 3.59. The standard InChI is InChI=1S/C13H17ClO2S/c1-9-3-6-13(16-2,7-4-9)12(15)11-10(14)5-8-17-11/h5,8-9H,3-4,6-7H2,1-2H3. The van der Waals surface area contributed by atoms with Crippen LogP contribution >= 0.6 is 22.9 Å². The van der Waals surface area contributed by atoms with Crippen LogP contribution in [-0.4, -0.2) is 18.5 Å². The predicted octanol–water partition coefficient (Wildman–Crippen LogP) is 4.18. The minimum Gasteiger partial charge on any atom is -0.370 e. The monoisotopic (exact) mass is 272 g/mol. The van der Waals surface area contributed by atoms with Gasteiger partial charge in [-0.05, 0) is 43.0 Å². The van der Waals surface area contributed by atoms with Gasteiger partial charge in [0, 0.05) is 7.11 Å². The van der Waals surface area contributed by atoms with Gasteiger partial charge in [0.25, 0.3) is 0 Å². The van der Waals surface area contributed by atoms with E-state index in [1.54, 1.807) is 13.2 Å². The molecule has 0 aromatic carbocycles. The van der Waals surface area contributed by atoms with E-state index in [1.807, 2.05) is 5.38 Å². The third kappa shape index (κ3) is 2.42. The number of halogens is 1. The molecule has 0 radical (unpaired) electrons. The first-order chi connectivity index (χ1) is 8.09. The van der Waals surface area contributed by atoms with E-state index < -0.39 is 5.60 Å². The Hall–Kier alpha value is -0.380. The Labute approximate surface area is 111 Å². The van der Waals surface area contributed by atoms with E-state index >= 15 is 0 Å². The topological polar surface area (TPSA) is 26.3 Å². The zero-order valence-corrected chi connectivity index (χ0v) is 11.7. The van der Waals surface area contributed by atoms with Gasteiger partial charge < -0.3 is 4.74 Å². The predicted molar refractivity (Wildman–Crippen MR) is 71.0 cm³/mol. The van der Waals surface area contributed by atoms with Crippen molar-refractivity contribution in [2.75, 3.05) is 7.11 Å². The van der Waals surface area contributed by atoms with Crippen molar-refractivity contribution in [2.45, 2.75) is 38.2 Å². The highest BCUT2D eigenvalue weighted by Crippen LogP contribution is 2.39. The van der Waals surface area contributed by atoms with Crippen LogP contribution in [0.15, 0.2) is 11.4 Å². The van der Waals surface area contributed by atoms with Gasteiger partial charge in [0.15, 0.2) is 0 Å². The Bertz CT molecular complexity index is 405. The lowest BCUT2D eigenvalue weighted by Gasteiger charge is -2.36. The number of ketones is 1. The number of carbonyl (C=O) groups is 1. The summed E-state index contributed by atoms with van der Waals surface area (Å²) < 4.78 is 5.57. The first-order valence-electron chi connectivity index (χ1n) is 5.92. The molecule has 0 N–H and O–H groups in total. The van der Waals surface area contributed by atoms with Gasteiger partial charge in [-0.15, -0.1) is 11.3 Å². The third-order valence-electron chi connectivity index (χ3n) is 3.71. The van der Waals surface area contributed by atoms with Gasteiger partial charge in [-0.1, -0.05) is 18.5 Å². The minimum atomic E-state index is -0.638. The summed E-state index contributed by atoms with van der Waals surface area (Å²) in [6.45, 7) is 2.22. The lowest BCUT2D eigenvalue weighted by Crippen LogP contribution is -2.43. The first-order valence-corrected chi connectivity index (χ1v) is 7.18. The van der Waals surface area contributed by atoms with Gasteiger partial charge in [0.2, 0.25) is 5.78 Å². The maximum atomic E-state index is 12.5. The lowest BCUT2D eigenvalue weighted by atomic mass is 9.76. The molecule has 0 amide bonds. The van der Waals surface area contributed by atoms with Crippen molar-refractivity contribution in [3.05, 3.63) is 21.3 Å². The molecule has 17 heavy (non-hydrogen) atoms. The molecule has 1 fully saturated rings. The fourth-order valence-electron chi connectivity index (χ4n) is 2.41. The average Bonchev–Trinajstić information content (AvgIpc) is 2.76. The van der Waals surface area contributed by atoms with Crippen LogP contribution < -0.4 is 0 Å². The molecule has 4 heteroatoms. The Morgan fingerprint density at radius 3 is 2.65 bits per heavy atom. The van der Waals surface area contributed by atoms with Crippen LogP contribution in [0.3, 0.4) is 0 Å². The molecule has 1 aliphatic carbocycles. The van der Waals surface area contributed by atoms with Crippen molar-refractivity contribution >= 4 is 28.7 Å². The van der Waals surface area contributed by atoms with Crippen LogP contribution in [0.1, 0.15) is 42.3 Å². The summed E-state index contributed by atoms with van der Waals surface area (Å²) in [6.07, 6.45) is 3.70. The number of ether oxygens (including phenoxy) is 1. The molecule has 0 unspecified atom stereocenters. The molecule has 1 saturated carbocycles. The molecule has 0 atom stereocenters. The highest BCUT2D eigenvalue weighted by molar-refractivity contribution is 7.12. The van der Waals surface area contributed by atoms with Crippen molar-refractivity contribution in [1.29, 1.82) is 0 Å². The molecule has 2 nitrogen and oxygen atoms in total. The number of hydrogen-bond acceptors (Lipinski definition) is 3. The van der Waals surface area contributed by atoms with Crippen LogP contribution in [0.2, 0.25) is 5.02 Å². The fraction of sp³-hybridized carbons (Fsp3) is 0.615. The van der Waals surface area contributed by atoms with Crippen LogP contribution in [0.25, 0.3) is 0 Å². The molecule has 1 heterocycles. The van der Waals surface area contributed by atoms with Crippen molar-refractivity contribution in [3.63, 3.8) is 0 Å². The maximum Gasteiger partial charge on any atom is 0.206 e. The summed E-state index contributed by atoms with van der Waals surface area (Å²) >= 11 is 7.44. The Morgan fingerprint density at radius 1 is 1.53 bits per heavy atom. The number of rotatable bonds is 3. The van der Waals surface area contributed by atoms with E-state index in [0.717, 1.165) is 25.7 Å². The van der Waals surface area contributed by atoms with Crippen molar-refractivity contribution in [2.24, 2.45) is 5.92 Å². The van der Waals surface area contributed by atoms with Gasteiger partial charge in [-0.3, -0.25) is 4.79 Å². The largest absolute Gasteiger partial charge is 0.370 e. The molecular weight excluding hydrogens is 256 g/mol. The number of Topliss-reactive ketones (excluding diaryl/α,β-unsaturated/α-hetero) is 1. The van der Waals surface area contributed by atoms with Crippen LogP contribution in [-0.2, 0) is 4.74 Å². The normalized spacial score (nSPS) is 29.2. The highest BCUT2D eigenvalue weighted by Gasteiger charge is 2.42. The Morgan fingerprint density at radius 2 is 2.18 bits per heavy atom. The van der Waals surface area contributed by atoms with E-state index in [2.05, 4.69) is 6.92 Å². The molecule has 0 aliphatic heterocycles. The van der Waals surface area contributed by atoms with E-state index in [0.29, 0.717) is 15.8 Å². The van der Waals surface area contributed by atoms with E-state index in [9.17, 15) is 4.79 Å². The van der Waals surface area contributed by atoms with Crippen molar-refractivity contribution < 1.29 is 9.53 Å². The third-order valence-corrected chi connectivity index (χ3v) is 5.05. The molecule has 94 valence electrons. The van der Waals surface area contributed by atoms with Crippen molar-refractivity contribution in [1.82, 2.24) is 0 Å². The van der Waals surface area contributed by atoms with E-state index in [1.165, 1.54) is 11.3 Å². The summed E-state index contributed by atoms with van der Waals surface area (Å²) in [6, 6.07) is 1.77. The number of hydrogen-bond donors (Lipinski definition) is 0. The molecule has 1 aromatic heterocycles. The molecule has 1 aliphatic rings. The van der Waals surface area contributed by atoms with Crippen LogP contribution in [0.5, 0.6) is 0 Å². The van der Waals surface area contributed by atoms with Gasteiger partial charge in [-0.25, -0.2) is 0 Å². The summed E-state index contributed by atoms with van der Waals surface area (Å²) in [4.78, 5) is 13.2. The SMILES string of the molecule is COC1(C(=O)c2sccc2Cl)CCC(C)CC1. The quantitative estimate of drug-likeness (QED) is 0.772. The smallest absolute Gasteiger partial charge is 0.206 e. The average molecular weight is 273 g/mol. The molecule has 2 rings (SSSR count). The van der Waals surface area contributed by atoms with Gasteiger partial charge in [0.1, 0.15) is 5.60 Å².